The highest BCUT2D eigenvalue weighted by molar-refractivity contribution is 6.00. The standard InChI is InChI=1S/C21H23NO9/c1-29-20(27)15-12(8-9-23)14(19-18(26)17(25)13(10-24)31-19)16(21(28)30-2)22(15)11-6-4-3-5-7-11/h3-9,13,17-19,23-26H,10H2,1-2H3. The Bertz CT molecular complexity index is 982. The van der Waals surface area contributed by atoms with Gasteiger partial charge in [0, 0.05) is 16.8 Å². The lowest BCUT2D eigenvalue weighted by atomic mass is 9.97. The molecule has 4 unspecified atom stereocenters. The predicted molar refractivity (Wildman–Crippen MR) is 107 cm³/mol. The van der Waals surface area contributed by atoms with E-state index < -0.39 is 43.0 Å². The second-order valence-electron chi connectivity index (χ2n) is 6.75. The van der Waals surface area contributed by atoms with Gasteiger partial charge in [0.25, 0.3) is 0 Å². The molecule has 1 aliphatic heterocycles. The summed E-state index contributed by atoms with van der Waals surface area (Å²) in [4.78, 5) is 25.6. The first-order chi connectivity index (χ1) is 14.9. The molecule has 2 aromatic rings. The number of ether oxygens (including phenoxy) is 3. The van der Waals surface area contributed by atoms with Gasteiger partial charge in [-0.2, -0.15) is 0 Å². The van der Waals surface area contributed by atoms with Gasteiger partial charge in [0.15, 0.2) is 0 Å². The quantitative estimate of drug-likeness (QED) is 0.382. The number of aliphatic hydroxyl groups excluding tert-OH is 4. The Morgan fingerprint density at radius 3 is 2.19 bits per heavy atom. The fraction of sp³-hybridized carbons (Fsp3) is 0.333. The first-order valence-electron chi connectivity index (χ1n) is 9.35. The number of methoxy groups -OCH3 is 2. The van der Waals surface area contributed by atoms with E-state index in [1.807, 2.05) is 0 Å². The number of carbonyl (C=O) groups is 2. The summed E-state index contributed by atoms with van der Waals surface area (Å²) in [5.74, 6) is -1.69. The van der Waals surface area contributed by atoms with Crippen LogP contribution in [0.4, 0.5) is 0 Å². The van der Waals surface area contributed by atoms with Crippen molar-refractivity contribution in [2.45, 2.75) is 24.4 Å². The van der Waals surface area contributed by atoms with Crippen LogP contribution >= 0.6 is 0 Å². The molecule has 166 valence electrons. The third-order valence-corrected chi connectivity index (χ3v) is 5.09. The Hall–Kier alpha value is -3.18. The smallest absolute Gasteiger partial charge is 0.355 e. The summed E-state index contributed by atoms with van der Waals surface area (Å²) in [7, 11) is 2.30. The summed E-state index contributed by atoms with van der Waals surface area (Å²) in [6.07, 6.45) is -3.64. The van der Waals surface area contributed by atoms with Crippen LogP contribution in [0.25, 0.3) is 11.8 Å². The number of nitrogens with zero attached hydrogens (tertiary/aromatic N) is 1. The van der Waals surface area contributed by atoms with Gasteiger partial charge in [0.1, 0.15) is 35.8 Å². The van der Waals surface area contributed by atoms with Crippen molar-refractivity contribution in [3.05, 3.63) is 59.1 Å². The van der Waals surface area contributed by atoms with E-state index in [0.717, 1.165) is 20.3 Å². The van der Waals surface area contributed by atoms with Crippen LogP contribution in [0.2, 0.25) is 0 Å². The van der Waals surface area contributed by atoms with Crippen molar-refractivity contribution in [1.82, 2.24) is 4.57 Å². The summed E-state index contributed by atoms with van der Waals surface area (Å²) in [5, 5.41) is 39.8. The predicted octanol–water partition coefficient (Wildman–Crippen LogP) is 0.733. The van der Waals surface area contributed by atoms with Crippen LogP contribution in [-0.4, -0.2) is 76.1 Å². The topological polar surface area (TPSA) is 148 Å². The van der Waals surface area contributed by atoms with E-state index in [1.54, 1.807) is 30.3 Å². The molecule has 0 amide bonds. The van der Waals surface area contributed by atoms with Crippen LogP contribution in [-0.2, 0) is 14.2 Å². The molecule has 1 fully saturated rings. The van der Waals surface area contributed by atoms with E-state index in [4.69, 9.17) is 14.2 Å². The van der Waals surface area contributed by atoms with Crippen molar-refractivity contribution in [2.24, 2.45) is 0 Å². The largest absolute Gasteiger partial charge is 0.516 e. The van der Waals surface area contributed by atoms with Gasteiger partial charge in [-0.1, -0.05) is 18.2 Å². The van der Waals surface area contributed by atoms with E-state index in [1.165, 1.54) is 4.57 Å². The number of hydrogen-bond donors (Lipinski definition) is 4. The van der Waals surface area contributed by atoms with Gasteiger partial charge < -0.3 is 34.6 Å². The lowest BCUT2D eigenvalue weighted by Crippen LogP contribution is -2.32. The molecule has 2 heterocycles. The van der Waals surface area contributed by atoms with Crippen LogP contribution in [0.3, 0.4) is 0 Å². The molecule has 0 spiro atoms. The summed E-state index contributed by atoms with van der Waals surface area (Å²) in [5.41, 5.74) is 0.107. The third-order valence-electron chi connectivity index (χ3n) is 5.09. The molecule has 1 aromatic heterocycles. The summed E-state index contributed by atoms with van der Waals surface area (Å²) in [6, 6.07) is 8.37. The molecule has 10 nitrogen and oxygen atoms in total. The molecule has 0 bridgehead atoms. The van der Waals surface area contributed by atoms with E-state index >= 15 is 0 Å². The summed E-state index contributed by atoms with van der Waals surface area (Å²) >= 11 is 0. The van der Waals surface area contributed by atoms with Gasteiger partial charge in [0.05, 0.1) is 27.1 Å². The number of rotatable bonds is 6. The molecule has 4 atom stereocenters. The number of para-hydroxylation sites is 1. The number of aromatic nitrogens is 1. The van der Waals surface area contributed by atoms with Gasteiger partial charge in [-0.25, -0.2) is 9.59 Å². The number of carbonyl (C=O) groups excluding carboxylic acids is 2. The highest BCUT2D eigenvalue weighted by atomic mass is 16.6. The van der Waals surface area contributed by atoms with Crippen LogP contribution < -0.4 is 0 Å². The molecule has 0 radical (unpaired) electrons. The molecule has 0 saturated carbocycles. The van der Waals surface area contributed by atoms with Crippen molar-refractivity contribution < 1.29 is 44.2 Å². The molecule has 3 rings (SSSR count). The summed E-state index contributed by atoms with van der Waals surface area (Å²) < 4.78 is 16.7. The zero-order valence-electron chi connectivity index (χ0n) is 16.8. The lowest BCUT2D eigenvalue weighted by molar-refractivity contribution is -0.0231. The summed E-state index contributed by atoms with van der Waals surface area (Å²) in [6.45, 7) is -0.587. The Morgan fingerprint density at radius 2 is 1.68 bits per heavy atom. The molecule has 1 aliphatic rings. The molecule has 10 heteroatoms. The fourth-order valence-corrected chi connectivity index (χ4v) is 3.71. The van der Waals surface area contributed by atoms with Gasteiger partial charge in [-0.05, 0) is 18.2 Å². The van der Waals surface area contributed by atoms with E-state index in [2.05, 4.69) is 0 Å². The molecule has 1 aromatic carbocycles. The Balaban J connectivity index is 2.43. The fourth-order valence-electron chi connectivity index (χ4n) is 3.71. The van der Waals surface area contributed by atoms with Gasteiger partial charge in [0.2, 0.25) is 0 Å². The van der Waals surface area contributed by atoms with Gasteiger partial charge in [-0.3, -0.25) is 4.57 Å². The SMILES string of the molecule is COC(=O)c1c(C=CO)c(C2OC(CO)C(O)C2O)c(C(=O)OC)n1-c1ccccc1. The lowest BCUT2D eigenvalue weighted by Gasteiger charge is -2.17. The van der Waals surface area contributed by atoms with E-state index in [0.29, 0.717) is 11.9 Å². The normalized spacial score (nSPS) is 23.3. The van der Waals surface area contributed by atoms with Crippen molar-refractivity contribution in [2.75, 3.05) is 20.8 Å². The maximum absolute atomic E-state index is 12.9. The van der Waals surface area contributed by atoms with Gasteiger partial charge in [-0.15, -0.1) is 0 Å². The zero-order valence-corrected chi connectivity index (χ0v) is 16.8. The Kier molecular flexibility index (Phi) is 6.76. The first-order valence-corrected chi connectivity index (χ1v) is 9.35. The molecular weight excluding hydrogens is 410 g/mol. The molecule has 4 N–H and O–H groups in total. The monoisotopic (exact) mass is 433 g/mol. The number of aliphatic hydroxyl groups is 4. The second-order valence-corrected chi connectivity index (χ2v) is 6.75. The zero-order chi connectivity index (χ0) is 22.7. The highest BCUT2D eigenvalue weighted by Gasteiger charge is 2.47. The molecule has 0 aliphatic carbocycles. The van der Waals surface area contributed by atoms with E-state index in [-0.39, 0.29) is 22.5 Å². The molecule has 31 heavy (non-hydrogen) atoms. The first kappa shape index (κ1) is 22.5. The van der Waals surface area contributed by atoms with Crippen LogP contribution in [0.15, 0.2) is 36.6 Å². The number of benzene rings is 1. The van der Waals surface area contributed by atoms with Crippen molar-refractivity contribution in [3.8, 4) is 5.69 Å². The highest BCUT2D eigenvalue weighted by Crippen LogP contribution is 2.41. The second kappa shape index (κ2) is 9.31. The number of hydrogen-bond acceptors (Lipinski definition) is 9. The van der Waals surface area contributed by atoms with Crippen LogP contribution in [0.5, 0.6) is 0 Å². The average Bonchev–Trinajstić information content (AvgIpc) is 3.27. The minimum Gasteiger partial charge on any atom is -0.516 e. The van der Waals surface area contributed by atoms with Crippen molar-refractivity contribution in [1.29, 1.82) is 0 Å². The molecular formula is C21H23NO9. The number of esters is 2. The Morgan fingerprint density at radius 1 is 1.06 bits per heavy atom. The minimum atomic E-state index is -1.54. The maximum atomic E-state index is 12.9. The average molecular weight is 433 g/mol. The minimum absolute atomic E-state index is 0.0103. The third kappa shape index (κ3) is 3.81. The van der Waals surface area contributed by atoms with Crippen molar-refractivity contribution in [3.63, 3.8) is 0 Å². The Labute approximate surface area is 177 Å². The van der Waals surface area contributed by atoms with Crippen LogP contribution in [0, 0.1) is 0 Å². The van der Waals surface area contributed by atoms with E-state index in [9.17, 15) is 30.0 Å². The van der Waals surface area contributed by atoms with Crippen LogP contribution in [0.1, 0.15) is 38.2 Å². The van der Waals surface area contributed by atoms with Crippen molar-refractivity contribution >= 4 is 18.0 Å². The maximum Gasteiger partial charge on any atom is 0.355 e. The van der Waals surface area contributed by atoms with Gasteiger partial charge >= 0.3 is 11.9 Å². The molecule has 1 saturated heterocycles.